The second-order valence-electron chi connectivity index (χ2n) is 3.00. The summed E-state index contributed by atoms with van der Waals surface area (Å²) in [4.78, 5) is 8.20. The average molecular weight is 243 g/mol. The molecule has 0 saturated heterocycles. The minimum absolute atomic E-state index is 0.355. The van der Waals surface area contributed by atoms with Gasteiger partial charge in [-0.25, -0.2) is 4.98 Å². The van der Waals surface area contributed by atoms with E-state index in [-0.39, 0.29) is 0 Å². The zero-order chi connectivity index (χ0) is 11.9. The van der Waals surface area contributed by atoms with Crippen molar-refractivity contribution >= 4 is 28.1 Å². The lowest BCUT2D eigenvalue weighted by Crippen LogP contribution is -2.26. The zero-order valence-corrected chi connectivity index (χ0v) is 9.61. The minimum Gasteiger partial charge on any atom is -0.325 e. The van der Waals surface area contributed by atoms with Crippen molar-refractivity contribution in [3.63, 3.8) is 0 Å². The Morgan fingerprint density at radius 2 is 2.18 bits per heavy atom. The van der Waals surface area contributed by atoms with Gasteiger partial charge in [0.15, 0.2) is 6.19 Å². The van der Waals surface area contributed by atoms with Crippen molar-refractivity contribution in [3.8, 4) is 6.19 Å². The maximum atomic E-state index is 8.64. The molecule has 6 heteroatoms. The van der Waals surface area contributed by atoms with E-state index in [1.165, 1.54) is 11.3 Å². The van der Waals surface area contributed by atoms with Gasteiger partial charge in [0.05, 0.1) is 0 Å². The normalized spacial score (nSPS) is 10.6. The number of nitriles is 1. The molecule has 1 heterocycles. The van der Waals surface area contributed by atoms with Crippen molar-refractivity contribution in [2.75, 3.05) is 5.32 Å². The molecule has 0 aliphatic carbocycles. The molecule has 0 aliphatic heterocycles. The largest absolute Gasteiger partial charge is 0.325 e. The summed E-state index contributed by atoms with van der Waals surface area (Å²) < 4.78 is 0. The van der Waals surface area contributed by atoms with Crippen LogP contribution in [0.1, 0.15) is 0 Å². The molecule has 0 saturated carbocycles. The van der Waals surface area contributed by atoms with Gasteiger partial charge in [-0.1, -0.05) is 18.2 Å². The first-order valence-electron chi connectivity index (χ1n) is 4.84. The van der Waals surface area contributed by atoms with Crippen molar-refractivity contribution in [1.82, 2.24) is 10.3 Å². The van der Waals surface area contributed by atoms with Gasteiger partial charge in [0.25, 0.3) is 0 Å². The average Bonchev–Trinajstić information content (AvgIpc) is 2.83. The molecule has 2 aromatic rings. The summed E-state index contributed by atoms with van der Waals surface area (Å²) in [7, 11) is 0. The summed E-state index contributed by atoms with van der Waals surface area (Å²) in [6.45, 7) is 0. The third-order valence-electron chi connectivity index (χ3n) is 1.84. The molecule has 0 spiro atoms. The molecule has 2 rings (SSSR count). The number of hydrogen-bond donors (Lipinski definition) is 2. The van der Waals surface area contributed by atoms with Gasteiger partial charge in [0, 0.05) is 17.3 Å². The molecule has 0 atom stereocenters. The van der Waals surface area contributed by atoms with E-state index in [4.69, 9.17) is 5.26 Å². The predicted molar refractivity (Wildman–Crippen MR) is 68.0 cm³/mol. The molecule has 0 aliphatic rings. The van der Waals surface area contributed by atoms with Crippen LogP contribution in [0.3, 0.4) is 0 Å². The molecule has 0 radical (unpaired) electrons. The van der Waals surface area contributed by atoms with E-state index in [9.17, 15) is 0 Å². The van der Waals surface area contributed by atoms with E-state index in [1.54, 1.807) is 6.20 Å². The highest BCUT2D eigenvalue weighted by Gasteiger charge is 2.00. The van der Waals surface area contributed by atoms with Gasteiger partial charge in [0.1, 0.15) is 0 Å². The van der Waals surface area contributed by atoms with Gasteiger partial charge in [-0.15, -0.1) is 11.3 Å². The Labute approximate surface area is 102 Å². The number of para-hydroxylation sites is 1. The number of aliphatic imine (C=N–C) groups is 1. The van der Waals surface area contributed by atoms with Gasteiger partial charge in [0.2, 0.25) is 11.1 Å². The van der Waals surface area contributed by atoms with Crippen molar-refractivity contribution in [1.29, 1.82) is 5.26 Å². The van der Waals surface area contributed by atoms with Gasteiger partial charge in [-0.3, -0.25) is 5.32 Å². The highest BCUT2D eigenvalue weighted by molar-refractivity contribution is 7.13. The van der Waals surface area contributed by atoms with E-state index in [0.717, 1.165) is 5.69 Å². The monoisotopic (exact) mass is 243 g/mol. The first-order chi connectivity index (χ1) is 8.38. The number of benzene rings is 1. The van der Waals surface area contributed by atoms with Crippen LogP contribution in [-0.4, -0.2) is 10.9 Å². The van der Waals surface area contributed by atoms with Crippen LogP contribution in [0, 0.1) is 11.5 Å². The molecule has 84 valence electrons. The van der Waals surface area contributed by atoms with Crippen LogP contribution < -0.4 is 10.6 Å². The minimum atomic E-state index is 0.355. The number of nitrogens with one attached hydrogen (secondary N) is 2. The van der Waals surface area contributed by atoms with E-state index in [2.05, 4.69) is 20.6 Å². The van der Waals surface area contributed by atoms with Crippen molar-refractivity contribution in [2.45, 2.75) is 0 Å². The van der Waals surface area contributed by atoms with E-state index in [1.807, 2.05) is 41.9 Å². The molecule has 0 unspecified atom stereocenters. The Kier molecular flexibility index (Phi) is 3.68. The topological polar surface area (TPSA) is 73.1 Å². The number of aromatic nitrogens is 1. The summed E-state index contributed by atoms with van der Waals surface area (Å²) in [6, 6.07) is 9.48. The number of hydrogen-bond acceptors (Lipinski definition) is 4. The first kappa shape index (κ1) is 11.1. The van der Waals surface area contributed by atoms with E-state index in [0.29, 0.717) is 11.1 Å². The Morgan fingerprint density at radius 3 is 2.82 bits per heavy atom. The smallest absolute Gasteiger partial charge is 0.216 e. The number of rotatable bonds is 2. The van der Waals surface area contributed by atoms with Gasteiger partial charge >= 0.3 is 0 Å². The Balaban J connectivity index is 2.16. The summed E-state index contributed by atoms with van der Waals surface area (Å²) >= 11 is 1.40. The quantitative estimate of drug-likeness (QED) is 0.367. The second-order valence-corrected chi connectivity index (χ2v) is 3.88. The van der Waals surface area contributed by atoms with Crippen LogP contribution in [0.4, 0.5) is 10.8 Å². The summed E-state index contributed by atoms with van der Waals surface area (Å²) in [5.41, 5.74) is 0.852. The van der Waals surface area contributed by atoms with Crippen molar-refractivity contribution < 1.29 is 0 Å². The van der Waals surface area contributed by atoms with Crippen LogP contribution in [-0.2, 0) is 0 Å². The molecular formula is C11H9N5S. The number of anilines is 1. The number of guanidine groups is 1. The Bertz CT molecular complexity index is 527. The van der Waals surface area contributed by atoms with Crippen LogP contribution in [0.2, 0.25) is 0 Å². The highest BCUT2D eigenvalue weighted by atomic mass is 32.1. The Morgan fingerprint density at radius 1 is 1.35 bits per heavy atom. The standard InChI is InChI=1S/C11H9N5S/c12-8-14-10(16-11-13-6-7-17-11)15-9-4-2-1-3-5-9/h1-7H,(H2,13,14,15,16). The molecule has 1 aromatic carbocycles. The summed E-state index contributed by atoms with van der Waals surface area (Å²) in [6.07, 6.45) is 3.50. The van der Waals surface area contributed by atoms with Gasteiger partial charge < -0.3 is 5.32 Å². The van der Waals surface area contributed by atoms with Gasteiger partial charge in [-0.05, 0) is 12.1 Å². The number of thiazole rings is 1. The molecule has 0 amide bonds. The molecule has 17 heavy (non-hydrogen) atoms. The first-order valence-corrected chi connectivity index (χ1v) is 5.72. The van der Waals surface area contributed by atoms with E-state index < -0.39 is 0 Å². The van der Waals surface area contributed by atoms with Crippen LogP contribution in [0.25, 0.3) is 0 Å². The van der Waals surface area contributed by atoms with Crippen LogP contribution in [0.15, 0.2) is 46.9 Å². The van der Waals surface area contributed by atoms with Crippen LogP contribution >= 0.6 is 11.3 Å². The van der Waals surface area contributed by atoms with Crippen molar-refractivity contribution in [2.24, 2.45) is 4.99 Å². The lowest BCUT2D eigenvalue weighted by Gasteiger charge is -2.06. The fourth-order valence-corrected chi connectivity index (χ4v) is 1.67. The lowest BCUT2D eigenvalue weighted by molar-refractivity contribution is 1.22. The molecule has 5 nitrogen and oxygen atoms in total. The maximum Gasteiger partial charge on any atom is 0.216 e. The molecule has 1 aromatic heterocycles. The Hall–Kier alpha value is -2.39. The molecule has 0 bridgehead atoms. The second kappa shape index (κ2) is 5.63. The predicted octanol–water partition coefficient (Wildman–Crippen LogP) is 2.31. The molecular weight excluding hydrogens is 234 g/mol. The van der Waals surface area contributed by atoms with E-state index >= 15 is 0 Å². The van der Waals surface area contributed by atoms with Crippen LogP contribution in [0.5, 0.6) is 0 Å². The lowest BCUT2D eigenvalue weighted by atomic mass is 10.3. The maximum absolute atomic E-state index is 8.64. The summed E-state index contributed by atoms with van der Waals surface area (Å²) in [5, 5.41) is 16.5. The van der Waals surface area contributed by atoms with Gasteiger partial charge in [-0.2, -0.15) is 10.3 Å². The fourth-order valence-electron chi connectivity index (χ4n) is 1.17. The third-order valence-corrected chi connectivity index (χ3v) is 2.50. The molecule has 2 N–H and O–H groups in total. The number of nitrogens with zero attached hydrogens (tertiary/aromatic N) is 3. The zero-order valence-electron chi connectivity index (χ0n) is 8.79. The third kappa shape index (κ3) is 3.29. The SMILES string of the molecule is N#CN/C(=N\c1nccs1)Nc1ccccc1. The summed E-state index contributed by atoms with van der Waals surface area (Å²) in [5.74, 6) is 0.355. The molecule has 0 fully saturated rings. The van der Waals surface area contributed by atoms with Crippen molar-refractivity contribution in [3.05, 3.63) is 41.9 Å². The highest BCUT2D eigenvalue weighted by Crippen LogP contribution is 2.15. The fraction of sp³-hybridized carbons (Fsp3) is 0.